The standard InChI is InChI=1S/C28H22N4O2/c33-27(29-21-11-3-1-4-12-21)31-25-15-7-9-19-18-24-20(17-23(19)25)10-8-16-26(24)32-28(34)30-22-13-5-2-6-14-22/h1-18H,(H2,29,31,33)(H2,30,32,34). The van der Waals surface area contributed by atoms with Crippen LogP contribution in [0.15, 0.2) is 109 Å². The van der Waals surface area contributed by atoms with E-state index in [1.807, 2.05) is 109 Å². The Kier molecular flexibility index (Phi) is 5.78. The van der Waals surface area contributed by atoms with Crippen LogP contribution < -0.4 is 21.3 Å². The molecular weight excluding hydrogens is 424 g/mol. The zero-order chi connectivity index (χ0) is 23.3. The summed E-state index contributed by atoms with van der Waals surface area (Å²) in [6.45, 7) is 0. The Morgan fingerprint density at radius 2 is 0.853 bits per heavy atom. The van der Waals surface area contributed by atoms with Gasteiger partial charge in [-0.3, -0.25) is 0 Å². The van der Waals surface area contributed by atoms with Gasteiger partial charge in [-0.1, -0.05) is 60.7 Å². The van der Waals surface area contributed by atoms with Gasteiger partial charge in [0.2, 0.25) is 0 Å². The highest BCUT2D eigenvalue weighted by atomic mass is 16.2. The van der Waals surface area contributed by atoms with E-state index in [1.165, 1.54) is 0 Å². The Morgan fingerprint density at radius 1 is 0.441 bits per heavy atom. The quantitative estimate of drug-likeness (QED) is 0.219. The summed E-state index contributed by atoms with van der Waals surface area (Å²) in [5, 5.41) is 15.3. The van der Waals surface area contributed by atoms with E-state index < -0.39 is 0 Å². The molecule has 0 aromatic heterocycles. The Balaban J connectivity index is 1.42. The summed E-state index contributed by atoms with van der Waals surface area (Å²) in [6, 6.07) is 33.5. The molecule has 0 saturated heterocycles. The molecule has 0 heterocycles. The highest BCUT2D eigenvalue weighted by Gasteiger charge is 2.10. The van der Waals surface area contributed by atoms with Crippen molar-refractivity contribution in [2.75, 3.05) is 21.3 Å². The maximum Gasteiger partial charge on any atom is 0.323 e. The second kappa shape index (κ2) is 9.34. The number of para-hydroxylation sites is 2. The fraction of sp³-hybridized carbons (Fsp3) is 0. The molecular formula is C28H22N4O2. The molecule has 0 saturated carbocycles. The van der Waals surface area contributed by atoms with Gasteiger partial charge in [-0.25, -0.2) is 9.59 Å². The predicted octanol–water partition coefficient (Wildman–Crippen LogP) is 7.28. The lowest BCUT2D eigenvalue weighted by Gasteiger charge is -2.13. The molecule has 0 unspecified atom stereocenters. The van der Waals surface area contributed by atoms with Crippen LogP contribution in [0, 0.1) is 0 Å². The fourth-order valence-corrected chi connectivity index (χ4v) is 3.88. The summed E-state index contributed by atoms with van der Waals surface area (Å²) < 4.78 is 0. The van der Waals surface area contributed by atoms with Crippen LogP contribution in [0.25, 0.3) is 21.5 Å². The van der Waals surface area contributed by atoms with Crippen molar-refractivity contribution in [2.24, 2.45) is 0 Å². The maximum absolute atomic E-state index is 12.5. The SMILES string of the molecule is O=C(Nc1ccccc1)Nc1cccc2cc3c(NC(=O)Nc4ccccc4)cccc3cc12. The van der Waals surface area contributed by atoms with Crippen LogP contribution in [0.3, 0.4) is 0 Å². The molecule has 4 amide bonds. The first-order valence-electron chi connectivity index (χ1n) is 10.9. The van der Waals surface area contributed by atoms with Crippen LogP contribution >= 0.6 is 0 Å². The van der Waals surface area contributed by atoms with Crippen LogP contribution in [0.1, 0.15) is 0 Å². The van der Waals surface area contributed by atoms with Crippen LogP contribution in [0.2, 0.25) is 0 Å². The summed E-state index contributed by atoms with van der Waals surface area (Å²) in [6.07, 6.45) is 0. The van der Waals surface area contributed by atoms with E-state index in [0.29, 0.717) is 11.4 Å². The van der Waals surface area contributed by atoms with Gasteiger partial charge >= 0.3 is 12.1 Å². The number of nitrogens with one attached hydrogen (secondary N) is 4. The molecule has 0 aliphatic rings. The van der Waals surface area contributed by atoms with Crippen molar-refractivity contribution in [1.29, 1.82) is 0 Å². The second-order valence-corrected chi connectivity index (χ2v) is 7.80. The Labute approximate surface area is 196 Å². The lowest BCUT2D eigenvalue weighted by atomic mass is 10.0. The first-order chi connectivity index (χ1) is 16.7. The van der Waals surface area contributed by atoms with E-state index >= 15 is 0 Å². The lowest BCUT2D eigenvalue weighted by molar-refractivity contribution is 0.261. The molecule has 4 N–H and O–H groups in total. The predicted molar refractivity (Wildman–Crippen MR) is 140 cm³/mol. The number of hydrogen-bond donors (Lipinski definition) is 4. The molecule has 0 bridgehead atoms. The van der Waals surface area contributed by atoms with Crippen LogP contribution in [-0.4, -0.2) is 12.1 Å². The van der Waals surface area contributed by atoms with Gasteiger partial charge in [0.1, 0.15) is 0 Å². The molecule has 0 radical (unpaired) electrons. The van der Waals surface area contributed by atoms with Crippen molar-refractivity contribution in [3.63, 3.8) is 0 Å². The van der Waals surface area contributed by atoms with Gasteiger partial charge in [0.25, 0.3) is 0 Å². The number of carbonyl (C=O) groups is 2. The monoisotopic (exact) mass is 446 g/mol. The smallest absolute Gasteiger partial charge is 0.308 e. The number of urea groups is 2. The first kappa shape index (κ1) is 21.0. The van der Waals surface area contributed by atoms with E-state index in [0.717, 1.165) is 32.9 Å². The third-order valence-corrected chi connectivity index (χ3v) is 5.44. The summed E-state index contributed by atoms with van der Waals surface area (Å²) in [4.78, 5) is 25.1. The average molecular weight is 447 g/mol. The molecule has 6 heteroatoms. The number of rotatable bonds is 4. The maximum atomic E-state index is 12.5. The van der Waals surface area contributed by atoms with E-state index in [1.54, 1.807) is 0 Å². The molecule has 5 rings (SSSR count). The van der Waals surface area contributed by atoms with Crippen LogP contribution in [0.4, 0.5) is 32.3 Å². The number of benzene rings is 5. The van der Waals surface area contributed by atoms with E-state index in [9.17, 15) is 9.59 Å². The van der Waals surface area contributed by atoms with Gasteiger partial charge in [-0.05, 0) is 59.3 Å². The van der Waals surface area contributed by atoms with E-state index in [2.05, 4.69) is 21.3 Å². The molecule has 0 spiro atoms. The highest BCUT2D eigenvalue weighted by molar-refractivity contribution is 6.13. The molecule has 0 aliphatic heterocycles. The molecule has 5 aromatic rings. The molecule has 0 fully saturated rings. The number of carbonyl (C=O) groups excluding carboxylic acids is 2. The van der Waals surface area contributed by atoms with Gasteiger partial charge in [0, 0.05) is 22.1 Å². The van der Waals surface area contributed by atoms with E-state index in [-0.39, 0.29) is 12.1 Å². The zero-order valence-electron chi connectivity index (χ0n) is 18.2. The molecule has 34 heavy (non-hydrogen) atoms. The van der Waals surface area contributed by atoms with Crippen molar-refractivity contribution >= 4 is 56.4 Å². The van der Waals surface area contributed by atoms with Crippen molar-refractivity contribution in [3.05, 3.63) is 109 Å². The minimum atomic E-state index is -0.313. The van der Waals surface area contributed by atoms with Crippen molar-refractivity contribution in [2.45, 2.75) is 0 Å². The third-order valence-electron chi connectivity index (χ3n) is 5.44. The molecule has 166 valence electrons. The number of hydrogen-bond acceptors (Lipinski definition) is 2. The Morgan fingerprint density at radius 3 is 1.26 bits per heavy atom. The summed E-state index contributed by atoms with van der Waals surface area (Å²) in [5.74, 6) is 0. The van der Waals surface area contributed by atoms with Crippen molar-refractivity contribution in [3.8, 4) is 0 Å². The van der Waals surface area contributed by atoms with Gasteiger partial charge < -0.3 is 21.3 Å². The molecule has 5 aromatic carbocycles. The highest BCUT2D eigenvalue weighted by Crippen LogP contribution is 2.32. The van der Waals surface area contributed by atoms with Gasteiger partial charge in [-0.15, -0.1) is 0 Å². The summed E-state index contributed by atoms with van der Waals surface area (Å²) in [5.41, 5.74) is 2.84. The number of fused-ring (bicyclic) bond motifs is 2. The third kappa shape index (κ3) is 4.66. The first-order valence-corrected chi connectivity index (χ1v) is 10.9. The van der Waals surface area contributed by atoms with Gasteiger partial charge in [0.15, 0.2) is 0 Å². The lowest BCUT2D eigenvalue weighted by Crippen LogP contribution is -2.19. The largest absolute Gasteiger partial charge is 0.323 e. The summed E-state index contributed by atoms with van der Waals surface area (Å²) in [7, 11) is 0. The van der Waals surface area contributed by atoms with Gasteiger partial charge in [-0.2, -0.15) is 0 Å². The molecule has 0 aliphatic carbocycles. The zero-order valence-corrected chi connectivity index (χ0v) is 18.2. The fourth-order valence-electron chi connectivity index (χ4n) is 3.88. The Hall–Kier alpha value is -4.84. The van der Waals surface area contributed by atoms with Crippen molar-refractivity contribution < 1.29 is 9.59 Å². The van der Waals surface area contributed by atoms with E-state index in [4.69, 9.17) is 0 Å². The minimum Gasteiger partial charge on any atom is -0.308 e. The Bertz CT molecular complexity index is 1370. The van der Waals surface area contributed by atoms with Crippen LogP contribution in [-0.2, 0) is 0 Å². The average Bonchev–Trinajstić information content (AvgIpc) is 2.85. The molecule has 6 nitrogen and oxygen atoms in total. The normalized spacial score (nSPS) is 10.6. The van der Waals surface area contributed by atoms with Crippen molar-refractivity contribution in [1.82, 2.24) is 0 Å². The number of anilines is 4. The second-order valence-electron chi connectivity index (χ2n) is 7.80. The van der Waals surface area contributed by atoms with Gasteiger partial charge in [0.05, 0.1) is 11.4 Å². The molecule has 0 atom stereocenters. The number of amides is 4. The topological polar surface area (TPSA) is 82.3 Å². The minimum absolute atomic E-state index is 0.313. The van der Waals surface area contributed by atoms with Crippen LogP contribution in [0.5, 0.6) is 0 Å². The summed E-state index contributed by atoms with van der Waals surface area (Å²) >= 11 is 0.